The smallest absolute Gasteiger partial charge is 0.175 e. The first-order valence-electron chi connectivity index (χ1n) is 7.92. The molecule has 2 aromatic heterocycles. The number of thioether (sulfide) groups is 1. The summed E-state index contributed by atoms with van der Waals surface area (Å²) in [6, 6.07) is 10.6. The third kappa shape index (κ3) is 2.70. The van der Waals surface area contributed by atoms with Gasteiger partial charge in [-0.3, -0.25) is 4.79 Å². The molecule has 0 atom stereocenters. The Morgan fingerprint density at radius 1 is 1.35 bits per heavy atom. The molecule has 0 aliphatic heterocycles. The van der Waals surface area contributed by atoms with Crippen LogP contribution in [-0.2, 0) is 0 Å². The Morgan fingerprint density at radius 3 is 2.87 bits per heavy atom. The normalized spacial score (nSPS) is 14.5. The lowest BCUT2D eigenvalue weighted by Gasteiger charge is -2.07. The summed E-state index contributed by atoms with van der Waals surface area (Å²) in [6.07, 6.45) is 2.47. The van der Waals surface area contributed by atoms with Gasteiger partial charge in [-0.1, -0.05) is 23.9 Å². The van der Waals surface area contributed by atoms with Crippen LogP contribution in [0.15, 0.2) is 35.5 Å². The predicted molar refractivity (Wildman–Crippen MR) is 93.3 cm³/mol. The van der Waals surface area contributed by atoms with Gasteiger partial charge in [0, 0.05) is 23.0 Å². The number of aryl methyl sites for hydroxylation is 1. The van der Waals surface area contributed by atoms with Crippen molar-refractivity contribution in [2.24, 2.45) is 0 Å². The minimum absolute atomic E-state index is 0.176. The van der Waals surface area contributed by atoms with Crippen LogP contribution < -0.4 is 0 Å². The van der Waals surface area contributed by atoms with E-state index in [-0.39, 0.29) is 5.78 Å². The fourth-order valence-electron chi connectivity index (χ4n) is 3.16. The average Bonchev–Trinajstić information content (AvgIpc) is 3.20. The molecule has 0 saturated heterocycles. The Labute approximate surface area is 139 Å². The zero-order chi connectivity index (χ0) is 16.0. The summed E-state index contributed by atoms with van der Waals surface area (Å²) in [5.74, 6) is 0.588. The molecule has 118 valence electrons. The molecule has 4 nitrogen and oxygen atoms in total. The van der Waals surface area contributed by atoms with Gasteiger partial charge in [0.05, 0.1) is 16.8 Å². The van der Waals surface area contributed by atoms with Gasteiger partial charge in [-0.05, 0) is 44.9 Å². The highest BCUT2D eigenvalue weighted by atomic mass is 32.2. The number of fused-ring (bicyclic) bond motifs is 1. The molecule has 0 spiro atoms. The number of carbonyl (C=O) groups is 1. The maximum Gasteiger partial charge on any atom is 0.175 e. The summed E-state index contributed by atoms with van der Waals surface area (Å²) in [4.78, 5) is 20.4. The second-order valence-corrected chi connectivity index (χ2v) is 7.12. The fraction of sp³-hybridized carbons (Fsp3) is 0.333. The molecular formula is C18H19N3OS. The van der Waals surface area contributed by atoms with Crippen molar-refractivity contribution in [1.82, 2.24) is 14.5 Å². The number of H-pyrrole nitrogens is 1. The van der Waals surface area contributed by atoms with E-state index in [4.69, 9.17) is 0 Å². The second-order valence-electron chi connectivity index (χ2n) is 6.16. The minimum Gasteiger partial charge on any atom is -0.345 e. The van der Waals surface area contributed by atoms with Crippen LogP contribution in [0.2, 0.25) is 0 Å². The van der Waals surface area contributed by atoms with Gasteiger partial charge in [0.1, 0.15) is 0 Å². The lowest BCUT2D eigenvalue weighted by atomic mass is 10.2. The number of nitrogens with zero attached hydrogens (tertiary/aromatic N) is 2. The van der Waals surface area contributed by atoms with E-state index in [2.05, 4.69) is 28.4 Å². The lowest BCUT2D eigenvalue weighted by molar-refractivity contribution is 0.102. The minimum atomic E-state index is 0.176. The van der Waals surface area contributed by atoms with E-state index in [1.54, 1.807) is 0 Å². The number of aromatic amines is 1. The number of nitrogens with one attached hydrogen (secondary N) is 1. The Balaban J connectivity index is 1.50. The van der Waals surface area contributed by atoms with Gasteiger partial charge >= 0.3 is 0 Å². The van der Waals surface area contributed by atoms with Crippen LogP contribution in [0, 0.1) is 13.8 Å². The van der Waals surface area contributed by atoms with Gasteiger partial charge in [0.15, 0.2) is 10.9 Å². The number of ketones is 1. The fourth-order valence-corrected chi connectivity index (χ4v) is 3.93. The van der Waals surface area contributed by atoms with Crippen molar-refractivity contribution in [3.8, 4) is 0 Å². The van der Waals surface area contributed by atoms with Gasteiger partial charge in [-0.2, -0.15) is 0 Å². The average molecular weight is 325 g/mol. The quantitative estimate of drug-likeness (QED) is 0.562. The van der Waals surface area contributed by atoms with Gasteiger partial charge in [-0.25, -0.2) is 4.98 Å². The van der Waals surface area contributed by atoms with Gasteiger partial charge in [0.2, 0.25) is 0 Å². The van der Waals surface area contributed by atoms with Crippen LogP contribution in [0.25, 0.3) is 11.0 Å². The lowest BCUT2D eigenvalue weighted by Crippen LogP contribution is -2.06. The van der Waals surface area contributed by atoms with Crippen molar-refractivity contribution in [2.45, 2.75) is 37.9 Å². The van der Waals surface area contributed by atoms with Crippen molar-refractivity contribution in [1.29, 1.82) is 0 Å². The van der Waals surface area contributed by atoms with Crippen LogP contribution in [0.3, 0.4) is 0 Å². The van der Waals surface area contributed by atoms with Crippen LogP contribution in [0.1, 0.15) is 40.6 Å². The molecule has 1 fully saturated rings. The molecule has 1 saturated carbocycles. The second kappa shape index (κ2) is 5.57. The van der Waals surface area contributed by atoms with Crippen LogP contribution in [-0.4, -0.2) is 26.1 Å². The summed E-state index contributed by atoms with van der Waals surface area (Å²) in [7, 11) is 0. The van der Waals surface area contributed by atoms with E-state index in [1.807, 2.05) is 30.3 Å². The molecule has 1 aliphatic rings. The molecular weight excluding hydrogens is 306 g/mol. The third-order valence-electron chi connectivity index (χ3n) is 4.40. The number of hydrogen-bond acceptors (Lipinski definition) is 3. The van der Waals surface area contributed by atoms with E-state index >= 15 is 0 Å². The monoisotopic (exact) mass is 325 g/mol. The highest BCUT2D eigenvalue weighted by Crippen LogP contribution is 2.38. The summed E-state index contributed by atoms with van der Waals surface area (Å²) in [6.45, 7) is 4.15. The van der Waals surface area contributed by atoms with E-state index in [9.17, 15) is 4.79 Å². The Bertz CT molecular complexity index is 856. The van der Waals surface area contributed by atoms with Crippen molar-refractivity contribution >= 4 is 28.6 Å². The van der Waals surface area contributed by atoms with E-state index in [0.717, 1.165) is 27.4 Å². The molecule has 0 unspecified atom stereocenters. The topological polar surface area (TPSA) is 50.7 Å². The zero-order valence-electron chi connectivity index (χ0n) is 13.3. The SMILES string of the molecule is Cc1cc(C(=O)CSc2nc3ccccc3[nH]2)c(C)n1C1CC1. The Hall–Kier alpha value is -2.01. The van der Waals surface area contributed by atoms with Crippen molar-refractivity contribution in [3.05, 3.63) is 47.3 Å². The van der Waals surface area contributed by atoms with Gasteiger partial charge in [0.25, 0.3) is 0 Å². The molecule has 23 heavy (non-hydrogen) atoms. The molecule has 1 aliphatic carbocycles. The third-order valence-corrected chi connectivity index (χ3v) is 5.28. The number of Topliss-reactive ketones (excluding diaryl/α,β-unsaturated/α-hetero) is 1. The van der Waals surface area contributed by atoms with E-state index < -0.39 is 0 Å². The number of hydrogen-bond donors (Lipinski definition) is 1. The number of carbonyl (C=O) groups excluding carboxylic acids is 1. The van der Waals surface area contributed by atoms with Gasteiger partial charge < -0.3 is 9.55 Å². The summed E-state index contributed by atoms with van der Waals surface area (Å²) in [5.41, 5.74) is 5.11. The number of rotatable bonds is 5. The van der Waals surface area contributed by atoms with Crippen molar-refractivity contribution in [3.63, 3.8) is 0 Å². The molecule has 0 amide bonds. The number of benzene rings is 1. The largest absolute Gasteiger partial charge is 0.345 e. The highest BCUT2D eigenvalue weighted by molar-refractivity contribution is 7.99. The van der Waals surface area contributed by atoms with Crippen LogP contribution in [0.5, 0.6) is 0 Å². The predicted octanol–water partition coefficient (Wildman–Crippen LogP) is 4.29. The first kappa shape index (κ1) is 14.6. The molecule has 0 radical (unpaired) electrons. The van der Waals surface area contributed by atoms with E-state index in [0.29, 0.717) is 11.8 Å². The first-order chi connectivity index (χ1) is 11.1. The standard InChI is InChI=1S/C18H19N3OS/c1-11-9-14(12(2)21(11)13-7-8-13)17(22)10-23-18-19-15-5-3-4-6-16(15)20-18/h3-6,9,13H,7-8,10H2,1-2H3,(H,19,20). The van der Waals surface area contributed by atoms with Crippen molar-refractivity contribution in [2.75, 3.05) is 5.75 Å². The summed E-state index contributed by atoms with van der Waals surface area (Å²) >= 11 is 1.47. The molecule has 4 rings (SSSR count). The molecule has 1 N–H and O–H groups in total. The zero-order valence-corrected chi connectivity index (χ0v) is 14.1. The molecule has 5 heteroatoms. The summed E-state index contributed by atoms with van der Waals surface area (Å²) in [5, 5.41) is 0.801. The Morgan fingerprint density at radius 2 is 2.13 bits per heavy atom. The number of aromatic nitrogens is 3. The van der Waals surface area contributed by atoms with Crippen LogP contribution >= 0.6 is 11.8 Å². The van der Waals surface area contributed by atoms with Crippen LogP contribution in [0.4, 0.5) is 0 Å². The van der Waals surface area contributed by atoms with Gasteiger partial charge in [-0.15, -0.1) is 0 Å². The van der Waals surface area contributed by atoms with E-state index in [1.165, 1.54) is 30.3 Å². The van der Waals surface area contributed by atoms with Crippen molar-refractivity contribution < 1.29 is 4.79 Å². The molecule has 2 heterocycles. The molecule has 1 aromatic carbocycles. The maximum atomic E-state index is 12.6. The Kier molecular flexibility index (Phi) is 3.53. The first-order valence-corrected chi connectivity index (χ1v) is 8.91. The molecule has 0 bridgehead atoms. The number of para-hydroxylation sites is 2. The maximum absolute atomic E-state index is 12.6. The highest BCUT2D eigenvalue weighted by Gasteiger charge is 2.28. The molecule has 3 aromatic rings. The number of imidazole rings is 1. The summed E-state index contributed by atoms with van der Waals surface area (Å²) < 4.78 is 2.32.